The van der Waals surface area contributed by atoms with E-state index in [2.05, 4.69) is 17.1 Å². The molecule has 3 N–H and O–H groups in total. The number of carbonyl (C=O) groups is 2. The van der Waals surface area contributed by atoms with Crippen LogP contribution in [-0.2, 0) is 13.0 Å². The third-order valence-corrected chi connectivity index (χ3v) is 6.14. The fourth-order valence-electron chi connectivity index (χ4n) is 2.95. The molecule has 3 rings (SSSR count). The lowest BCUT2D eigenvalue weighted by atomic mass is 10.0. The number of rotatable bonds is 5. The SMILES string of the molecule is CCSc1cccc(C(=O)Nc2sc3c(c2C(N)=O)CCN(C)C3)c1. The molecule has 0 unspecified atom stereocenters. The van der Waals surface area contributed by atoms with Crippen LogP contribution in [0.4, 0.5) is 5.00 Å². The monoisotopic (exact) mass is 375 g/mol. The molecule has 0 saturated heterocycles. The van der Waals surface area contributed by atoms with Gasteiger partial charge in [0, 0.05) is 28.4 Å². The number of likely N-dealkylation sites (N-methyl/N-ethyl adjacent to an activating group) is 1. The van der Waals surface area contributed by atoms with Gasteiger partial charge in [0.25, 0.3) is 11.8 Å². The van der Waals surface area contributed by atoms with Crippen molar-refractivity contribution >= 4 is 39.9 Å². The van der Waals surface area contributed by atoms with E-state index < -0.39 is 5.91 Å². The minimum atomic E-state index is -0.479. The molecule has 0 bridgehead atoms. The lowest BCUT2D eigenvalue weighted by Gasteiger charge is -2.22. The first-order valence-electron chi connectivity index (χ1n) is 8.16. The number of hydrogen-bond acceptors (Lipinski definition) is 5. The van der Waals surface area contributed by atoms with Crippen LogP contribution in [-0.4, -0.2) is 36.1 Å². The second-order valence-corrected chi connectivity index (χ2v) is 8.42. The normalized spacial score (nSPS) is 14.2. The zero-order valence-corrected chi connectivity index (χ0v) is 15.9. The molecule has 0 fully saturated rings. The first kappa shape index (κ1) is 18.0. The Kier molecular flexibility index (Phi) is 5.46. The highest BCUT2D eigenvalue weighted by molar-refractivity contribution is 7.99. The van der Waals surface area contributed by atoms with E-state index in [1.165, 1.54) is 11.3 Å². The lowest BCUT2D eigenvalue weighted by molar-refractivity contribution is 0.1000. The average molecular weight is 376 g/mol. The van der Waals surface area contributed by atoms with E-state index in [0.29, 0.717) is 16.1 Å². The highest BCUT2D eigenvalue weighted by Gasteiger charge is 2.26. The number of primary amides is 1. The molecule has 1 aliphatic rings. The van der Waals surface area contributed by atoms with E-state index in [0.717, 1.165) is 40.6 Å². The van der Waals surface area contributed by atoms with Gasteiger partial charge in [0.05, 0.1) is 5.56 Å². The summed E-state index contributed by atoms with van der Waals surface area (Å²) in [6.45, 7) is 3.73. The van der Waals surface area contributed by atoms with Crippen molar-refractivity contribution in [2.24, 2.45) is 5.73 Å². The Morgan fingerprint density at radius 1 is 1.40 bits per heavy atom. The van der Waals surface area contributed by atoms with Gasteiger partial charge in [-0.3, -0.25) is 9.59 Å². The second kappa shape index (κ2) is 7.59. The number of nitrogens with one attached hydrogen (secondary N) is 1. The molecule has 2 aromatic rings. The van der Waals surface area contributed by atoms with Gasteiger partial charge in [-0.05, 0) is 43.0 Å². The molecule has 132 valence electrons. The largest absolute Gasteiger partial charge is 0.365 e. The predicted molar refractivity (Wildman–Crippen MR) is 104 cm³/mol. The molecular formula is C18H21N3O2S2. The number of nitrogens with two attached hydrogens (primary N) is 1. The first-order valence-corrected chi connectivity index (χ1v) is 9.97. The topological polar surface area (TPSA) is 75.4 Å². The van der Waals surface area contributed by atoms with E-state index in [4.69, 9.17) is 5.73 Å². The van der Waals surface area contributed by atoms with Gasteiger partial charge in [0.15, 0.2) is 0 Å². The van der Waals surface area contributed by atoms with Gasteiger partial charge in [-0.2, -0.15) is 0 Å². The summed E-state index contributed by atoms with van der Waals surface area (Å²) in [6.07, 6.45) is 0.777. The number of benzene rings is 1. The number of fused-ring (bicyclic) bond motifs is 1. The maximum absolute atomic E-state index is 12.6. The molecule has 0 saturated carbocycles. The molecule has 1 aromatic carbocycles. The minimum Gasteiger partial charge on any atom is -0.365 e. The Hall–Kier alpha value is -1.83. The van der Waals surface area contributed by atoms with Crippen molar-refractivity contribution in [2.75, 3.05) is 24.7 Å². The maximum Gasteiger partial charge on any atom is 0.256 e. The van der Waals surface area contributed by atoms with E-state index in [1.807, 2.05) is 25.2 Å². The highest BCUT2D eigenvalue weighted by Crippen LogP contribution is 2.36. The smallest absolute Gasteiger partial charge is 0.256 e. The Bertz CT molecular complexity index is 817. The molecule has 2 heterocycles. The minimum absolute atomic E-state index is 0.215. The Labute approximate surface area is 155 Å². The van der Waals surface area contributed by atoms with Crippen molar-refractivity contribution in [1.82, 2.24) is 4.90 Å². The fourth-order valence-corrected chi connectivity index (χ4v) is 5.00. The summed E-state index contributed by atoms with van der Waals surface area (Å²) < 4.78 is 0. The van der Waals surface area contributed by atoms with E-state index >= 15 is 0 Å². The van der Waals surface area contributed by atoms with Gasteiger partial charge in [-0.15, -0.1) is 23.1 Å². The highest BCUT2D eigenvalue weighted by atomic mass is 32.2. The quantitative estimate of drug-likeness (QED) is 0.787. The molecule has 25 heavy (non-hydrogen) atoms. The van der Waals surface area contributed by atoms with Crippen LogP contribution in [0.25, 0.3) is 0 Å². The second-order valence-electron chi connectivity index (χ2n) is 5.97. The average Bonchev–Trinajstić information content (AvgIpc) is 2.92. The number of nitrogens with zero attached hydrogens (tertiary/aromatic N) is 1. The summed E-state index contributed by atoms with van der Waals surface area (Å²) in [5.74, 6) is 0.253. The van der Waals surface area contributed by atoms with Crippen LogP contribution in [0, 0.1) is 0 Å². The third-order valence-electron chi connectivity index (χ3n) is 4.13. The van der Waals surface area contributed by atoms with Gasteiger partial charge in [0.2, 0.25) is 0 Å². The van der Waals surface area contributed by atoms with Crippen molar-refractivity contribution in [3.05, 3.63) is 45.8 Å². The summed E-state index contributed by atoms with van der Waals surface area (Å²) in [7, 11) is 2.04. The number of anilines is 1. The van der Waals surface area contributed by atoms with Gasteiger partial charge < -0.3 is 16.0 Å². The lowest BCUT2D eigenvalue weighted by Crippen LogP contribution is -2.27. The van der Waals surface area contributed by atoms with E-state index in [-0.39, 0.29) is 5.91 Å². The van der Waals surface area contributed by atoms with Crippen molar-refractivity contribution < 1.29 is 9.59 Å². The molecule has 0 radical (unpaired) electrons. The summed E-state index contributed by atoms with van der Waals surface area (Å²) >= 11 is 3.14. The molecule has 1 aliphatic heterocycles. The van der Waals surface area contributed by atoms with E-state index in [1.54, 1.807) is 17.8 Å². The van der Waals surface area contributed by atoms with Crippen molar-refractivity contribution in [3.63, 3.8) is 0 Å². The van der Waals surface area contributed by atoms with Crippen molar-refractivity contribution in [2.45, 2.75) is 24.8 Å². The van der Waals surface area contributed by atoms with Crippen LogP contribution >= 0.6 is 23.1 Å². The van der Waals surface area contributed by atoms with Crippen molar-refractivity contribution in [3.8, 4) is 0 Å². The standard InChI is InChI=1S/C18H21N3O2S2/c1-3-24-12-6-4-5-11(9-12)17(23)20-18-15(16(19)22)13-7-8-21(2)10-14(13)25-18/h4-6,9H,3,7-8,10H2,1-2H3,(H2,19,22)(H,20,23). The summed E-state index contributed by atoms with van der Waals surface area (Å²) in [5, 5.41) is 3.46. The van der Waals surface area contributed by atoms with Crippen molar-refractivity contribution in [1.29, 1.82) is 0 Å². The number of hydrogen-bond donors (Lipinski definition) is 2. The molecule has 0 aliphatic carbocycles. The Balaban J connectivity index is 1.88. The maximum atomic E-state index is 12.6. The van der Waals surface area contributed by atoms with Crippen LogP contribution < -0.4 is 11.1 Å². The van der Waals surface area contributed by atoms with Gasteiger partial charge in [0.1, 0.15) is 5.00 Å². The number of carbonyl (C=O) groups excluding carboxylic acids is 2. The number of thiophene rings is 1. The summed E-state index contributed by atoms with van der Waals surface area (Å²) in [5.41, 5.74) is 7.64. The molecule has 5 nitrogen and oxygen atoms in total. The van der Waals surface area contributed by atoms with Crippen LogP contribution in [0.3, 0.4) is 0 Å². The fraction of sp³-hybridized carbons (Fsp3) is 0.333. The van der Waals surface area contributed by atoms with Gasteiger partial charge in [-0.25, -0.2) is 0 Å². The van der Waals surface area contributed by atoms with Crippen LogP contribution in [0.1, 0.15) is 38.1 Å². The molecule has 2 amide bonds. The molecule has 0 atom stereocenters. The Morgan fingerprint density at radius 2 is 2.20 bits per heavy atom. The zero-order valence-electron chi connectivity index (χ0n) is 14.3. The summed E-state index contributed by atoms with van der Waals surface area (Å²) in [6, 6.07) is 7.50. The van der Waals surface area contributed by atoms with Gasteiger partial charge >= 0.3 is 0 Å². The van der Waals surface area contributed by atoms with Crippen LogP contribution in [0.15, 0.2) is 29.2 Å². The third kappa shape index (κ3) is 3.89. The molecule has 7 heteroatoms. The number of thioether (sulfide) groups is 1. The molecule has 1 aromatic heterocycles. The van der Waals surface area contributed by atoms with Crippen LogP contribution in [0.2, 0.25) is 0 Å². The zero-order chi connectivity index (χ0) is 18.0. The number of amides is 2. The Morgan fingerprint density at radius 3 is 2.92 bits per heavy atom. The van der Waals surface area contributed by atoms with Gasteiger partial charge in [-0.1, -0.05) is 13.0 Å². The molecule has 0 spiro atoms. The van der Waals surface area contributed by atoms with E-state index in [9.17, 15) is 9.59 Å². The summed E-state index contributed by atoms with van der Waals surface area (Å²) in [4.78, 5) is 29.0. The predicted octanol–water partition coefficient (Wildman–Crippen LogP) is 3.20. The van der Waals surface area contributed by atoms with Crippen LogP contribution in [0.5, 0.6) is 0 Å². The molecular weight excluding hydrogens is 354 g/mol. The first-order chi connectivity index (χ1) is 12.0.